The number of anilines is 1. The first-order chi connectivity index (χ1) is 7.58. The highest BCUT2D eigenvalue weighted by molar-refractivity contribution is 5.99. The number of amides is 3. The Kier molecular flexibility index (Phi) is 2.47. The van der Waals surface area contributed by atoms with E-state index in [4.69, 9.17) is 0 Å². The molecule has 0 aliphatic carbocycles. The van der Waals surface area contributed by atoms with Crippen LogP contribution in [-0.2, 0) is 4.79 Å². The molecule has 5 nitrogen and oxygen atoms in total. The fraction of sp³-hybridized carbons (Fsp3) is 0.200. The van der Waals surface area contributed by atoms with Gasteiger partial charge in [-0.05, 0) is 18.2 Å². The van der Waals surface area contributed by atoms with Crippen LogP contribution in [-0.4, -0.2) is 30.4 Å². The fourth-order valence-electron chi connectivity index (χ4n) is 1.38. The van der Waals surface area contributed by atoms with E-state index in [9.17, 15) is 14.0 Å². The van der Waals surface area contributed by atoms with Gasteiger partial charge in [0, 0.05) is 7.05 Å². The average Bonchev–Trinajstić information content (AvgIpc) is 2.25. The molecule has 0 radical (unpaired) electrons. The molecule has 1 heterocycles. The van der Waals surface area contributed by atoms with Gasteiger partial charge in [0.15, 0.2) is 0 Å². The standard InChI is InChI=1S/C10H10FN3O2/c1-13-9(15)6-14(12-10(13)16)8-4-2-3-7(11)5-8/h2-5H,6H2,1H3,(H,12,16). The van der Waals surface area contributed by atoms with Crippen LogP contribution in [0.4, 0.5) is 14.9 Å². The average molecular weight is 223 g/mol. The summed E-state index contributed by atoms with van der Waals surface area (Å²) in [4.78, 5) is 23.7. The first kappa shape index (κ1) is 10.4. The molecule has 2 rings (SSSR count). The molecule has 0 spiro atoms. The van der Waals surface area contributed by atoms with Gasteiger partial charge in [-0.2, -0.15) is 0 Å². The molecule has 0 aromatic heterocycles. The monoisotopic (exact) mass is 223 g/mol. The van der Waals surface area contributed by atoms with Gasteiger partial charge in [-0.15, -0.1) is 0 Å². The Morgan fingerprint density at radius 1 is 1.38 bits per heavy atom. The maximum Gasteiger partial charge on any atom is 0.342 e. The molecule has 16 heavy (non-hydrogen) atoms. The van der Waals surface area contributed by atoms with E-state index < -0.39 is 11.8 Å². The Bertz CT molecular complexity index is 431. The second-order valence-electron chi connectivity index (χ2n) is 3.44. The van der Waals surface area contributed by atoms with Crippen LogP contribution in [0.25, 0.3) is 0 Å². The Morgan fingerprint density at radius 3 is 2.75 bits per heavy atom. The van der Waals surface area contributed by atoms with Gasteiger partial charge in [0.05, 0.1) is 5.69 Å². The lowest BCUT2D eigenvalue weighted by molar-refractivity contribution is -0.126. The zero-order valence-electron chi connectivity index (χ0n) is 8.61. The molecule has 0 atom stereocenters. The van der Waals surface area contributed by atoms with E-state index in [0.29, 0.717) is 5.69 Å². The third kappa shape index (κ3) is 1.81. The van der Waals surface area contributed by atoms with Crippen LogP contribution in [0.3, 0.4) is 0 Å². The van der Waals surface area contributed by atoms with Crippen molar-refractivity contribution in [2.45, 2.75) is 0 Å². The molecule has 84 valence electrons. The van der Waals surface area contributed by atoms with Crippen LogP contribution in [0.15, 0.2) is 24.3 Å². The largest absolute Gasteiger partial charge is 0.342 e. The molecule has 1 aliphatic heterocycles. The van der Waals surface area contributed by atoms with Gasteiger partial charge < -0.3 is 0 Å². The highest BCUT2D eigenvalue weighted by atomic mass is 19.1. The summed E-state index contributed by atoms with van der Waals surface area (Å²) in [7, 11) is 1.39. The van der Waals surface area contributed by atoms with E-state index >= 15 is 0 Å². The summed E-state index contributed by atoms with van der Waals surface area (Å²) in [6.45, 7) is -0.00824. The van der Waals surface area contributed by atoms with Crippen molar-refractivity contribution in [3.05, 3.63) is 30.1 Å². The number of hydrazine groups is 1. The smallest absolute Gasteiger partial charge is 0.275 e. The van der Waals surface area contributed by atoms with Crippen LogP contribution < -0.4 is 10.4 Å². The number of rotatable bonds is 1. The van der Waals surface area contributed by atoms with Gasteiger partial charge in [0.1, 0.15) is 12.4 Å². The molecule has 1 aromatic carbocycles. The second kappa shape index (κ2) is 3.80. The van der Waals surface area contributed by atoms with Crippen molar-refractivity contribution in [2.75, 3.05) is 18.6 Å². The number of imide groups is 1. The number of likely N-dealkylation sites (N-methyl/N-ethyl adjacent to an activating group) is 1. The number of carbonyl (C=O) groups is 2. The Morgan fingerprint density at radius 2 is 2.12 bits per heavy atom. The lowest BCUT2D eigenvalue weighted by Crippen LogP contribution is -2.59. The van der Waals surface area contributed by atoms with Crippen molar-refractivity contribution >= 4 is 17.6 Å². The maximum atomic E-state index is 13.0. The summed E-state index contributed by atoms with van der Waals surface area (Å²) in [5, 5.41) is 1.31. The number of nitrogens with zero attached hydrogens (tertiary/aromatic N) is 2. The van der Waals surface area contributed by atoms with Gasteiger partial charge in [-0.25, -0.2) is 14.6 Å². The minimum absolute atomic E-state index is 0.00824. The molecule has 1 fully saturated rings. The first-order valence-electron chi connectivity index (χ1n) is 4.68. The van der Waals surface area contributed by atoms with Crippen molar-refractivity contribution in [3.63, 3.8) is 0 Å². The summed E-state index contributed by atoms with van der Waals surface area (Å²) in [6.07, 6.45) is 0. The fourth-order valence-corrected chi connectivity index (χ4v) is 1.38. The third-order valence-electron chi connectivity index (χ3n) is 2.32. The van der Waals surface area contributed by atoms with Crippen LogP contribution in [0, 0.1) is 5.82 Å². The van der Waals surface area contributed by atoms with Gasteiger partial charge in [0.25, 0.3) is 5.91 Å². The van der Waals surface area contributed by atoms with Crippen molar-refractivity contribution in [1.29, 1.82) is 0 Å². The number of carbonyl (C=O) groups excluding carboxylic acids is 2. The quantitative estimate of drug-likeness (QED) is 0.763. The van der Waals surface area contributed by atoms with E-state index in [0.717, 1.165) is 4.90 Å². The summed E-state index contributed by atoms with van der Waals surface area (Å²) >= 11 is 0. The zero-order valence-corrected chi connectivity index (χ0v) is 8.61. The first-order valence-corrected chi connectivity index (χ1v) is 4.68. The predicted molar refractivity (Wildman–Crippen MR) is 55.0 cm³/mol. The summed E-state index contributed by atoms with van der Waals surface area (Å²) in [5.41, 5.74) is 2.91. The lowest BCUT2D eigenvalue weighted by Gasteiger charge is -2.32. The number of hydrogen-bond acceptors (Lipinski definition) is 3. The summed E-state index contributed by atoms with van der Waals surface area (Å²) < 4.78 is 13.0. The van der Waals surface area contributed by atoms with Gasteiger partial charge >= 0.3 is 6.03 Å². The van der Waals surface area contributed by atoms with E-state index in [-0.39, 0.29) is 12.5 Å². The van der Waals surface area contributed by atoms with Gasteiger partial charge in [-0.1, -0.05) is 6.07 Å². The number of benzene rings is 1. The molecule has 1 N–H and O–H groups in total. The molecule has 6 heteroatoms. The summed E-state index contributed by atoms with van der Waals surface area (Å²) in [6, 6.07) is 5.14. The number of hydrogen-bond donors (Lipinski definition) is 1. The normalized spacial score (nSPS) is 16.4. The zero-order chi connectivity index (χ0) is 11.7. The van der Waals surface area contributed by atoms with Crippen molar-refractivity contribution < 1.29 is 14.0 Å². The van der Waals surface area contributed by atoms with Crippen LogP contribution in [0.2, 0.25) is 0 Å². The molecule has 1 aromatic rings. The minimum atomic E-state index is -0.527. The number of urea groups is 1. The minimum Gasteiger partial charge on any atom is -0.275 e. The van der Waals surface area contributed by atoms with E-state index in [1.165, 1.54) is 30.3 Å². The lowest BCUT2D eigenvalue weighted by atomic mass is 10.3. The topological polar surface area (TPSA) is 52.7 Å². The Balaban J connectivity index is 2.23. The van der Waals surface area contributed by atoms with Crippen molar-refractivity contribution in [3.8, 4) is 0 Å². The molecule has 3 amide bonds. The molecule has 0 unspecified atom stereocenters. The van der Waals surface area contributed by atoms with E-state index in [2.05, 4.69) is 5.43 Å². The third-order valence-corrected chi connectivity index (χ3v) is 2.32. The highest BCUT2D eigenvalue weighted by Crippen LogP contribution is 2.15. The van der Waals surface area contributed by atoms with Crippen LogP contribution in [0.5, 0.6) is 0 Å². The Labute approximate surface area is 91.4 Å². The molecule has 0 saturated carbocycles. The summed E-state index contributed by atoms with van der Waals surface area (Å²) in [5.74, 6) is -0.758. The predicted octanol–water partition coefficient (Wildman–Crippen LogP) is 0.729. The van der Waals surface area contributed by atoms with E-state index in [1.54, 1.807) is 6.07 Å². The SMILES string of the molecule is CN1C(=O)CN(c2cccc(F)c2)NC1=O. The maximum absolute atomic E-state index is 13.0. The van der Waals surface area contributed by atoms with Crippen molar-refractivity contribution in [2.24, 2.45) is 0 Å². The molecular weight excluding hydrogens is 213 g/mol. The molecular formula is C10H10FN3O2. The van der Waals surface area contributed by atoms with Crippen LogP contribution in [0.1, 0.15) is 0 Å². The van der Waals surface area contributed by atoms with E-state index in [1.807, 2.05) is 0 Å². The van der Waals surface area contributed by atoms with Crippen molar-refractivity contribution in [1.82, 2.24) is 10.3 Å². The highest BCUT2D eigenvalue weighted by Gasteiger charge is 2.27. The second-order valence-corrected chi connectivity index (χ2v) is 3.44. The number of nitrogens with one attached hydrogen (secondary N) is 1. The molecule has 1 saturated heterocycles. The van der Waals surface area contributed by atoms with Gasteiger partial charge in [-0.3, -0.25) is 14.7 Å². The Hall–Kier alpha value is -2.11. The molecule has 1 aliphatic rings. The van der Waals surface area contributed by atoms with Gasteiger partial charge in [0.2, 0.25) is 0 Å². The van der Waals surface area contributed by atoms with Crippen LogP contribution >= 0.6 is 0 Å². The molecule has 0 bridgehead atoms. The number of halogens is 1.